The monoisotopic (exact) mass is 428 g/mol. The van der Waals surface area contributed by atoms with Gasteiger partial charge in [-0.1, -0.05) is 6.07 Å². The van der Waals surface area contributed by atoms with Crippen LogP contribution in [0.2, 0.25) is 0 Å². The van der Waals surface area contributed by atoms with Gasteiger partial charge in [0.15, 0.2) is 0 Å². The minimum Gasteiger partial charge on any atom is -0.457 e. The Bertz CT molecular complexity index is 1150. The molecule has 0 spiro atoms. The Kier molecular flexibility index (Phi) is 4.97. The van der Waals surface area contributed by atoms with E-state index in [-0.39, 0.29) is 23.7 Å². The molecule has 1 aliphatic heterocycles. The predicted molar refractivity (Wildman–Crippen MR) is 107 cm³/mol. The summed E-state index contributed by atoms with van der Waals surface area (Å²) in [6.07, 6.45) is -3.07. The van der Waals surface area contributed by atoms with E-state index < -0.39 is 23.7 Å². The summed E-state index contributed by atoms with van der Waals surface area (Å²) in [4.78, 5) is 31.0. The first-order valence-electron chi connectivity index (χ1n) is 9.03. The smallest absolute Gasteiger partial charge is 0.416 e. The van der Waals surface area contributed by atoms with Crippen LogP contribution in [0, 0.1) is 0 Å². The van der Waals surface area contributed by atoms with E-state index in [1.54, 1.807) is 18.2 Å². The summed E-state index contributed by atoms with van der Waals surface area (Å²) in [5.74, 6) is 0.627. The van der Waals surface area contributed by atoms with Crippen LogP contribution in [0.25, 0.3) is 0 Å². The number of hydrogen-bond acceptors (Lipinski definition) is 5. The molecule has 0 bridgehead atoms. The lowest BCUT2D eigenvalue weighted by Crippen LogP contribution is -2.33. The summed E-state index contributed by atoms with van der Waals surface area (Å²) in [5, 5.41) is 0. The van der Waals surface area contributed by atoms with Crippen molar-refractivity contribution in [2.24, 2.45) is 0 Å². The van der Waals surface area contributed by atoms with Crippen molar-refractivity contribution < 1.29 is 27.5 Å². The van der Waals surface area contributed by atoms with Gasteiger partial charge in [0.25, 0.3) is 5.91 Å². The first kappa shape index (κ1) is 20.2. The summed E-state index contributed by atoms with van der Waals surface area (Å²) in [5.41, 5.74) is 4.96. The molecule has 2 aromatic carbocycles. The van der Waals surface area contributed by atoms with Crippen molar-refractivity contribution in [3.63, 3.8) is 0 Å². The van der Waals surface area contributed by atoms with Crippen LogP contribution in [0.4, 0.5) is 35.2 Å². The standard InChI is InChI=1S/C21H15F3N4O3/c22-21(23,24)13-2-1-3-15(10-13)27-12-19(29)28(20(27)30)14-4-6-16(7-5-14)31-17-8-9-26-18(25)11-17/h1-11H,12H2,(H2,25,26). The normalized spacial score (nSPS) is 14.3. The van der Waals surface area contributed by atoms with E-state index in [9.17, 15) is 22.8 Å². The number of halogens is 3. The number of nitrogens with zero attached hydrogens (tertiary/aromatic N) is 3. The Balaban J connectivity index is 1.54. The van der Waals surface area contributed by atoms with Gasteiger partial charge in [0.05, 0.1) is 11.3 Å². The van der Waals surface area contributed by atoms with E-state index >= 15 is 0 Å². The van der Waals surface area contributed by atoms with Crippen LogP contribution < -0.4 is 20.3 Å². The minimum atomic E-state index is -4.56. The number of rotatable bonds is 4. The molecule has 0 unspecified atom stereocenters. The van der Waals surface area contributed by atoms with E-state index in [0.29, 0.717) is 11.5 Å². The van der Waals surface area contributed by atoms with Crippen molar-refractivity contribution in [3.05, 3.63) is 72.4 Å². The van der Waals surface area contributed by atoms with E-state index in [0.717, 1.165) is 21.9 Å². The second-order valence-electron chi connectivity index (χ2n) is 6.66. The Labute approximate surface area is 174 Å². The molecule has 7 nitrogen and oxygen atoms in total. The van der Waals surface area contributed by atoms with Crippen molar-refractivity contribution in [2.45, 2.75) is 6.18 Å². The zero-order chi connectivity index (χ0) is 22.2. The molecule has 0 atom stereocenters. The van der Waals surface area contributed by atoms with Crippen molar-refractivity contribution in [1.82, 2.24) is 4.98 Å². The maximum Gasteiger partial charge on any atom is 0.416 e. The number of urea groups is 1. The number of hydrogen-bond donors (Lipinski definition) is 1. The summed E-state index contributed by atoms with van der Waals surface area (Å²) in [7, 11) is 0. The molecule has 1 fully saturated rings. The van der Waals surface area contributed by atoms with Crippen LogP contribution >= 0.6 is 0 Å². The lowest BCUT2D eigenvalue weighted by Gasteiger charge is -2.18. The van der Waals surface area contributed by atoms with Gasteiger partial charge in [-0.3, -0.25) is 9.69 Å². The Hall–Kier alpha value is -4.08. The average Bonchev–Trinajstić information content (AvgIpc) is 3.02. The Morgan fingerprint density at radius 2 is 1.68 bits per heavy atom. The molecular weight excluding hydrogens is 413 g/mol. The third kappa shape index (κ3) is 4.13. The van der Waals surface area contributed by atoms with Gasteiger partial charge in [-0.15, -0.1) is 0 Å². The van der Waals surface area contributed by atoms with Gasteiger partial charge in [0.1, 0.15) is 23.9 Å². The first-order chi connectivity index (χ1) is 14.7. The molecule has 2 heterocycles. The van der Waals surface area contributed by atoms with E-state index in [1.807, 2.05) is 0 Å². The second-order valence-corrected chi connectivity index (χ2v) is 6.66. The molecule has 1 aliphatic rings. The average molecular weight is 428 g/mol. The number of carbonyl (C=O) groups excluding carboxylic acids is 2. The topological polar surface area (TPSA) is 88.8 Å². The number of imide groups is 1. The summed E-state index contributed by atoms with van der Waals surface area (Å²) in [6, 6.07) is 12.8. The zero-order valence-corrected chi connectivity index (χ0v) is 15.8. The van der Waals surface area contributed by atoms with Gasteiger partial charge >= 0.3 is 12.2 Å². The van der Waals surface area contributed by atoms with Crippen LogP contribution in [0.5, 0.6) is 11.5 Å². The van der Waals surface area contributed by atoms with Gasteiger partial charge in [0, 0.05) is 18.0 Å². The second kappa shape index (κ2) is 7.63. The van der Waals surface area contributed by atoms with Crippen molar-refractivity contribution in [1.29, 1.82) is 0 Å². The van der Waals surface area contributed by atoms with Gasteiger partial charge in [-0.25, -0.2) is 14.7 Å². The van der Waals surface area contributed by atoms with Crippen molar-refractivity contribution >= 4 is 29.1 Å². The van der Waals surface area contributed by atoms with Crippen LogP contribution in [-0.4, -0.2) is 23.5 Å². The van der Waals surface area contributed by atoms with Gasteiger partial charge < -0.3 is 10.5 Å². The van der Waals surface area contributed by atoms with Crippen LogP contribution in [-0.2, 0) is 11.0 Å². The minimum absolute atomic E-state index is 0.00842. The highest BCUT2D eigenvalue weighted by atomic mass is 19.4. The number of alkyl halides is 3. The number of anilines is 3. The molecule has 3 aromatic rings. The number of nitrogens with two attached hydrogens (primary N) is 1. The number of benzene rings is 2. The zero-order valence-electron chi connectivity index (χ0n) is 15.8. The molecule has 0 saturated carbocycles. The largest absolute Gasteiger partial charge is 0.457 e. The highest BCUT2D eigenvalue weighted by molar-refractivity contribution is 6.26. The van der Waals surface area contributed by atoms with Crippen LogP contribution in [0.15, 0.2) is 66.9 Å². The lowest BCUT2D eigenvalue weighted by atomic mass is 10.2. The van der Waals surface area contributed by atoms with Crippen LogP contribution in [0.3, 0.4) is 0 Å². The van der Waals surface area contributed by atoms with Crippen LogP contribution in [0.1, 0.15) is 5.56 Å². The van der Waals surface area contributed by atoms with Crippen molar-refractivity contribution in [2.75, 3.05) is 22.1 Å². The number of carbonyl (C=O) groups is 2. The molecular formula is C21H15F3N4O3. The van der Waals surface area contributed by atoms with E-state index in [2.05, 4.69) is 4.98 Å². The van der Waals surface area contributed by atoms with Gasteiger partial charge in [0.2, 0.25) is 0 Å². The summed E-state index contributed by atoms with van der Waals surface area (Å²) in [6.45, 7) is -0.366. The maximum absolute atomic E-state index is 13.0. The Morgan fingerprint density at radius 1 is 0.935 bits per heavy atom. The fourth-order valence-electron chi connectivity index (χ4n) is 3.10. The SMILES string of the molecule is Nc1cc(Oc2ccc(N3C(=O)CN(c4cccc(C(F)(F)F)c4)C3=O)cc2)ccn1. The maximum atomic E-state index is 13.0. The molecule has 1 saturated heterocycles. The molecule has 10 heteroatoms. The fourth-order valence-corrected chi connectivity index (χ4v) is 3.10. The number of aromatic nitrogens is 1. The molecule has 31 heavy (non-hydrogen) atoms. The number of pyridine rings is 1. The third-order valence-corrected chi connectivity index (χ3v) is 4.53. The highest BCUT2D eigenvalue weighted by Gasteiger charge is 2.39. The number of ether oxygens (including phenoxy) is 1. The van der Waals surface area contributed by atoms with E-state index in [4.69, 9.17) is 10.5 Å². The molecule has 2 N–H and O–H groups in total. The molecule has 0 aliphatic carbocycles. The Morgan fingerprint density at radius 3 is 2.35 bits per heavy atom. The number of nitrogen functional groups attached to an aromatic ring is 1. The fraction of sp³-hybridized carbons (Fsp3) is 0.0952. The molecule has 0 radical (unpaired) electrons. The number of amides is 3. The van der Waals surface area contributed by atoms with Gasteiger partial charge in [-0.2, -0.15) is 13.2 Å². The lowest BCUT2D eigenvalue weighted by molar-refractivity contribution is -0.137. The predicted octanol–water partition coefficient (Wildman–Crippen LogP) is 4.45. The van der Waals surface area contributed by atoms with Gasteiger partial charge in [-0.05, 0) is 48.5 Å². The molecule has 158 valence electrons. The molecule has 4 rings (SSSR count). The molecule has 1 aromatic heterocycles. The first-order valence-corrected chi connectivity index (χ1v) is 9.03. The third-order valence-electron chi connectivity index (χ3n) is 4.53. The molecule has 3 amide bonds. The quantitative estimate of drug-likeness (QED) is 0.621. The summed E-state index contributed by atoms with van der Waals surface area (Å²) >= 11 is 0. The summed E-state index contributed by atoms with van der Waals surface area (Å²) < 4.78 is 44.6. The van der Waals surface area contributed by atoms with E-state index in [1.165, 1.54) is 36.5 Å². The highest BCUT2D eigenvalue weighted by Crippen LogP contribution is 2.34. The van der Waals surface area contributed by atoms with Crippen molar-refractivity contribution in [3.8, 4) is 11.5 Å².